The van der Waals surface area contributed by atoms with Gasteiger partial charge in [0.25, 0.3) is 0 Å². The van der Waals surface area contributed by atoms with Gasteiger partial charge in [-0.1, -0.05) is 6.92 Å². The molecule has 0 spiro atoms. The molecular weight excluding hydrogens is 321 g/mol. The van der Waals surface area contributed by atoms with Crippen molar-refractivity contribution >= 4 is 0 Å². The van der Waals surface area contributed by atoms with E-state index in [0.717, 1.165) is 10.7 Å². The number of furan rings is 1. The van der Waals surface area contributed by atoms with Crippen LogP contribution in [0.2, 0.25) is 0 Å². The first-order chi connectivity index (χ1) is 11.3. The monoisotopic (exact) mass is 338 g/mol. The summed E-state index contributed by atoms with van der Waals surface area (Å²) in [5, 5.41) is 3.97. The Kier molecular flexibility index (Phi) is 4.21. The molecule has 1 unspecified atom stereocenters. The Labute approximate surface area is 136 Å². The first-order valence-corrected chi connectivity index (χ1v) is 7.51. The Balaban J connectivity index is 1.76. The summed E-state index contributed by atoms with van der Waals surface area (Å²) < 4.78 is 47.4. The predicted octanol–water partition coefficient (Wildman–Crippen LogP) is 4.00. The fourth-order valence-electron chi connectivity index (χ4n) is 2.69. The van der Waals surface area contributed by atoms with Crippen LogP contribution in [0.15, 0.2) is 41.3 Å². The van der Waals surface area contributed by atoms with E-state index in [-0.39, 0.29) is 12.5 Å². The number of hydrogen-bond acceptors (Lipinski definition) is 3. The maximum atomic E-state index is 13.1. The van der Waals surface area contributed by atoms with E-state index in [0.29, 0.717) is 23.8 Å². The van der Waals surface area contributed by atoms with E-state index in [1.165, 1.54) is 0 Å². The average Bonchev–Trinajstić information content (AvgIpc) is 3.17. The molecule has 8 heteroatoms. The molecule has 1 atom stereocenters. The van der Waals surface area contributed by atoms with Crippen molar-refractivity contribution in [1.82, 2.24) is 19.3 Å². The summed E-state index contributed by atoms with van der Waals surface area (Å²) in [6, 6.07) is 4.63. The van der Waals surface area contributed by atoms with Gasteiger partial charge in [-0.25, -0.2) is 4.98 Å². The minimum Gasteiger partial charge on any atom is -0.461 e. The number of halogens is 3. The van der Waals surface area contributed by atoms with Gasteiger partial charge in [-0.15, -0.1) is 0 Å². The zero-order chi connectivity index (χ0) is 17.3. The van der Waals surface area contributed by atoms with E-state index >= 15 is 0 Å². The van der Waals surface area contributed by atoms with Crippen LogP contribution in [0, 0.1) is 12.8 Å². The third kappa shape index (κ3) is 3.37. The van der Waals surface area contributed by atoms with Crippen LogP contribution in [0.1, 0.15) is 18.3 Å². The molecule has 0 saturated heterocycles. The molecule has 5 nitrogen and oxygen atoms in total. The highest BCUT2D eigenvalue weighted by molar-refractivity contribution is 5.46. The normalized spacial score (nSPS) is 13.4. The first-order valence-electron chi connectivity index (χ1n) is 7.51. The van der Waals surface area contributed by atoms with Gasteiger partial charge in [-0.05, 0) is 31.0 Å². The second-order valence-corrected chi connectivity index (χ2v) is 5.84. The second kappa shape index (κ2) is 6.18. The first kappa shape index (κ1) is 16.4. The van der Waals surface area contributed by atoms with Gasteiger partial charge in [0.2, 0.25) is 0 Å². The Morgan fingerprint density at radius 1 is 1.29 bits per heavy atom. The molecule has 0 aromatic carbocycles. The van der Waals surface area contributed by atoms with Crippen LogP contribution in [0.5, 0.6) is 0 Å². The molecular formula is C16H17F3N4O. The molecule has 0 saturated carbocycles. The highest BCUT2D eigenvalue weighted by atomic mass is 19.4. The number of aryl methyl sites for hydroxylation is 1. The molecule has 0 bridgehead atoms. The van der Waals surface area contributed by atoms with E-state index in [2.05, 4.69) is 10.1 Å². The highest BCUT2D eigenvalue weighted by Crippen LogP contribution is 2.30. The van der Waals surface area contributed by atoms with Crippen molar-refractivity contribution in [3.05, 3.63) is 48.2 Å². The number of aromatic nitrogens is 4. The van der Waals surface area contributed by atoms with Crippen molar-refractivity contribution < 1.29 is 17.6 Å². The quantitative estimate of drug-likeness (QED) is 0.706. The molecule has 24 heavy (non-hydrogen) atoms. The van der Waals surface area contributed by atoms with Crippen LogP contribution in [0.3, 0.4) is 0 Å². The number of hydrogen-bond donors (Lipinski definition) is 0. The van der Waals surface area contributed by atoms with Gasteiger partial charge < -0.3 is 8.98 Å². The number of imidazole rings is 1. The molecule has 0 amide bonds. The highest BCUT2D eigenvalue weighted by Gasteiger charge is 2.35. The molecule has 0 aliphatic carbocycles. The van der Waals surface area contributed by atoms with Gasteiger partial charge in [0.15, 0.2) is 11.6 Å². The number of rotatable bonds is 5. The third-order valence-electron chi connectivity index (χ3n) is 3.64. The molecule has 0 aliphatic heterocycles. The van der Waals surface area contributed by atoms with E-state index in [1.54, 1.807) is 37.7 Å². The molecule has 3 heterocycles. The van der Waals surface area contributed by atoms with Crippen molar-refractivity contribution in [3.63, 3.8) is 0 Å². The Morgan fingerprint density at radius 2 is 2.08 bits per heavy atom. The Bertz CT molecular complexity index is 802. The summed E-state index contributed by atoms with van der Waals surface area (Å²) in [5.41, 5.74) is -0.364. The van der Waals surface area contributed by atoms with Crippen LogP contribution < -0.4 is 0 Å². The van der Waals surface area contributed by atoms with Gasteiger partial charge >= 0.3 is 6.18 Å². The van der Waals surface area contributed by atoms with Gasteiger partial charge in [-0.3, -0.25) is 4.68 Å². The molecule has 3 aromatic rings. The fourth-order valence-corrected chi connectivity index (χ4v) is 2.69. The minimum absolute atomic E-state index is 0.0756. The second-order valence-electron chi connectivity index (χ2n) is 5.84. The van der Waals surface area contributed by atoms with E-state index in [9.17, 15) is 13.2 Å². The third-order valence-corrected chi connectivity index (χ3v) is 3.64. The van der Waals surface area contributed by atoms with Gasteiger partial charge in [0, 0.05) is 25.5 Å². The smallest absolute Gasteiger partial charge is 0.433 e. The summed E-state index contributed by atoms with van der Waals surface area (Å²) in [6.07, 6.45) is 0.576. The largest absolute Gasteiger partial charge is 0.461 e. The summed E-state index contributed by atoms with van der Waals surface area (Å²) >= 11 is 0. The molecule has 3 aromatic heterocycles. The lowest BCUT2D eigenvalue weighted by Crippen LogP contribution is -2.20. The average molecular weight is 338 g/mol. The van der Waals surface area contributed by atoms with Crippen LogP contribution >= 0.6 is 0 Å². The molecule has 128 valence electrons. The molecule has 0 N–H and O–H groups in total. The van der Waals surface area contributed by atoms with Crippen molar-refractivity contribution in [1.29, 1.82) is 0 Å². The lowest BCUT2D eigenvalue weighted by atomic mass is 10.1. The summed E-state index contributed by atoms with van der Waals surface area (Å²) in [7, 11) is 0. The van der Waals surface area contributed by atoms with Crippen molar-refractivity contribution in [2.45, 2.75) is 33.1 Å². The van der Waals surface area contributed by atoms with Crippen LogP contribution in [0.25, 0.3) is 11.6 Å². The van der Waals surface area contributed by atoms with Gasteiger partial charge in [-0.2, -0.15) is 18.3 Å². The summed E-state index contributed by atoms with van der Waals surface area (Å²) in [6.45, 7) is 4.11. The number of nitrogens with zero attached hydrogens (tertiary/aromatic N) is 4. The molecule has 0 fully saturated rings. The zero-order valence-electron chi connectivity index (χ0n) is 13.3. The van der Waals surface area contributed by atoms with Gasteiger partial charge in [0.1, 0.15) is 5.69 Å². The molecule has 0 aliphatic rings. The Hall–Kier alpha value is -2.51. The lowest BCUT2D eigenvalue weighted by Gasteiger charge is -2.16. The SMILES string of the molecule is Cc1cc(C(F)(F)F)n(CC(C)Cn2ccnc2-c2ccco2)n1. The van der Waals surface area contributed by atoms with Crippen LogP contribution in [-0.2, 0) is 19.3 Å². The summed E-state index contributed by atoms with van der Waals surface area (Å²) in [5.74, 6) is 1.20. The zero-order valence-corrected chi connectivity index (χ0v) is 13.3. The van der Waals surface area contributed by atoms with Crippen LogP contribution in [0.4, 0.5) is 13.2 Å². The maximum Gasteiger partial charge on any atom is 0.433 e. The van der Waals surface area contributed by atoms with Gasteiger partial charge in [0.05, 0.1) is 12.0 Å². The standard InChI is InChI=1S/C16H17F3N4O/c1-11(10-23-14(16(17,18)19)8-12(2)21-23)9-22-6-5-20-15(22)13-4-3-7-24-13/h3-8,11H,9-10H2,1-2H3. The van der Waals surface area contributed by atoms with E-state index in [1.807, 2.05) is 11.5 Å². The van der Waals surface area contributed by atoms with Crippen molar-refractivity contribution in [2.24, 2.45) is 5.92 Å². The van der Waals surface area contributed by atoms with E-state index < -0.39 is 11.9 Å². The van der Waals surface area contributed by atoms with Crippen molar-refractivity contribution in [3.8, 4) is 11.6 Å². The molecule has 0 radical (unpaired) electrons. The predicted molar refractivity (Wildman–Crippen MR) is 81.1 cm³/mol. The Morgan fingerprint density at radius 3 is 2.75 bits per heavy atom. The topological polar surface area (TPSA) is 48.8 Å². The van der Waals surface area contributed by atoms with E-state index in [4.69, 9.17) is 4.42 Å². The molecule has 3 rings (SSSR count). The van der Waals surface area contributed by atoms with Crippen molar-refractivity contribution in [2.75, 3.05) is 0 Å². The summed E-state index contributed by atoms with van der Waals surface area (Å²) in [4.78, 5) is 4.25. The minimum atomic E-state index is -4.41. The maximum absolute atomic E-state index is 13.1. The lowest BCUT2D eigenvalue weighted by molar-refractivity contribution is -0.144. The van der Waals surface area contributed by atoms with Crippen LogP contribution in [-0.4, -0.2) is 19.3 Å². The number of alkyl halides is 3. The fraction of sp³-hybridized carbons (Fsp3) is 0.375.